The van der Waals surface area contributed by atoms with Gasteiger partial charge >= 0.3 is 0 Å². The number of aromatic nitrogens is 2. The lowest BCUT2D eigenvalue weighted by atomic mass is 10.1. The molecule has 0 spiro atoms. The van der Waals surface area contributed by atoms with Crippen molar-refractivity contribution < 1.29 is 9.47 Å². The molecule has 1 saturated heterocycles. The van der Waals surface area contributed by atoms with Gasteiger partial charge in [-0.2, -0.15) is 4.98 Å². The molecule has 1 N–H and O–H groups in total. The first kappa shape index (κ1) is 13.1. The molecule has 100 valence electrons. The Morgan fingerprint density at radius 3 is 2.67 bits per heavy atom. The molecule has 1 fully saturated rings. The van der Waals surface area contributed by atoms with Gasteiger partial charge in [-0.05, 0) is 20.8 Å². The predicted molar refractivity (Wildman–Crippen MR) is 70.1 cm³/mol. The predicted octanol–water partition coefficient (Wildman–Crippen LogP) is 2.08. The van der Waals surface area contributed by atoms with Gasteiger partial charge in [-0.3, -0.25) is 0 Å². The first-order valence-electron chi connectivity index (χ1n) is 6.54. The summed E-state index contributed by atoms with van der Waals surface area (Å²) in [4.78, 5) is 8.78. The van der Waals surface area contributed by atoms with Crippen LogP contribution >= 0.6 is 0 Å². The monoisotopic (exact) mass is 251 g/mol. The first-order chi connectivity index (χ1) is 8.70. The van der Waals surface area contributed by atoms with Gasteiger partial charge in [0, 0.05) is 19.4 Å². The molecular formula is C13H21N3O2. The molecular weight excluding hydrogens is 230 g/mol. The minimum Gasteiger partial charge on any atom is -0.474 e. The van der Waals surface area contributed by atoms with E-state index in [2.05, 4.69) is 22.2 Å². The summed E-state index contributed by atoms with van der Waals surface area (Å²) >= 11 is 0. The van der Waals surface area contributed by atoms with Crippen molar-refractivity contribution in [3.05, 3.63) is 11.4 Å². The van der Waals surface area contributed by atoms with E-state index in [9.17, 15) is 0 Å². The SMILES string of the molecule is CCNc1nc(C)nc(OC2CCOCC2)c1C. The van der Waals surface area contributed by atoms with E-state index in [1.807, 2.05) is 13.8 Å². The fourth-order valence-electron chi connectivity index (χ4n) is 2.01. The maximum atomic E-state index is 5.98. The minimum absolute atomic E-state index is 0.209. The van der Waals surface area contributed by atoms with Gasteiger partial charge in [0.1, 0.15) is 17.7 Å². The molecule has 0 aliphatic carbocycles. The summed E-state index contributed by atoms with van der Waals surface area (Å²) in [6.45, 7) is 8.31. The van der Waals surface area contributed by atoms with Crippen LogP contribution in [0.2, 0.25) is 0 Å². The summed E-state index contributed by atoms with van der Waals surface area (Å²) in [5.74, 6) is 2.30. The largest absolute Gasteiger partial charge is 0.474 e. The molecule has 1 aromatic heterocycles. The zero-order chi connectivity index (χ0) is 13.0. The van der Waals surface area contributed by atoms with Gasteiger partial charge < -0.3 is 14.8 Å². The molecule has 5 heteroatoms. The van der Waals surface area contributed by atoms with E-state index in [0.29, 0.717) is 5.88 Å². The van der Waals surface area contributed by atoms with Crippen LogP contribution < -0.4 is 10.1 Å². The second kappa shape index (κ2) is 6.00. The maximum Gasteiger partial charge on any atom is 0.222 e. The Bertz CT molecular complexity index is 403. The average Bonchev–Trinajstić information content (AvgIpc) is 2.36. The van der Waals surface area contributed by atoms with Crippen molar-refractivity contribution in [2.75, 3.05) is 25.1 Å². The summed E-state index contributed by atoms with van der Waals surface area (Å²) < 4.78 is 11.3. The lowest BCUT2D eigenvalue weighted by molar-refractivity contribution is 0.0233. The number of nitrogens with one attached hydrogen (secondary N) is 1. The second-order valence-electron chi connectivity index (χ2n) is 4.51. The second-order valence-corrected chi connectivity index (χ2v) is 4.51. The Balaban J connectivity index is 2.15. The minimum atomic E-state index is 0.209. The van der Waals surface area contributed by atoms with E-state index in [0.717, 1.165) is 49.8 Å². The molecule has 0 unspecified atom stereocenters. The van der Waals surface area contributed by atoms with Gasteiger partial charge in [-0.15, -0.1) is 0 Å². The third-order valence-corrected chi connectivity index (χ3v) is 3.00. The third kappa shape index (κ3) is 3.10. The van der Waals surface area contributed by atoms with Gasteiger partial charge in [-0.1, -0.05) is 0 Å². The smallest absolute Gasteiger partial charge is 0.222 e. The van der Waals surface area contributed by atoms with E-state index in [-0.39, 0.29) is 6.10 Å². The van der Waals surface area contributed by atoms with Crippen molar-refractivity contribution in [1.82, 2.24) is 9.97 Å². The molecule has 2 rings (SSSR count). The molecule has 1 aliphatic heterocycles. The van der Waals surface area contributed by atoms with Crippen molar-refractivity contribution in [3.8, 4) is 5.88 Å². The van der Waals surface area contributed by atoms with E-state index < -0.39 is 0 Å². The summed E-state index contributed by atoms with van der Waals surface area (Å²) in [7, 11) is 0. The van der Waals surface area contributed by atoms with Crippen molar-refractivity contribution >= 4 is 5.82 Å². The van der Waals surface area contributed by atoms with Crippen LogP contribution in [-0.2, 0) is 4.74 Å². The molecule has 0 saturated carbocycles. The summed E-state index contributed by atoms with van der Waals surface area (Å²) in [5, 5.41) is 3.24. The van der Waals surface area contributed by atoms with Gasteiger partial charge in [0.25, 0.3) is 0 Å². The Kier molecular flexibility index (Phi) is 4.36. The lowest BCUT2D eigenvalue weighted by Gasteiger charge is -2.24. The molecule has 1 aliphatic rings. The Morgan fingerprint density at radius 1 is 1.28 bits per heavy atom. The van der Waals surface area contributed by atoms with Gasteiger partial charge in [-0.25, -0.2) is 4.98 Å². The summed E-state index contributed by atoms with van der Waals surface area (Å²) in [6, 6.07) is 0. The molecule has 0 aromatic carbocycles. The number of rotatable bonds is 4. The quantitative estimate of drug-likeness (QED) is 0.888. The zero-order valence-electron chi connectivity index (χ0n) is 11.3. The van der Waals surface area contributed by atoms with E-state index >= 15 is 0 Å². The van der Waals surface area contributed by atoms with Crippen molar-refractivity contribution in [2.45, 2.75) is 39.7 Å². The number of aryl methyl sites for hydroxylation is 1. The lowest BCUT2D eigenvalue weighted by Crippen LogP contribution is -2.26. The highest BCUT2D eigenvalue weighted by molar-refractivity contribution is 5.48. The van der Waals surface area contributed by atoms with Crippen LogP contribution in [0, 0.1) is 13.8 Å². The normalized spacial score (nSPS) is 16.6. The van der Waals surface area contributed by atoms with Crippen LogP contribution in [0.4, 0.5) is 5.82 Å². The van der Waals surface area contributed by atoms with E-state index in [1.54, 1.807) is 0 Å². The van der Waals surface area contributed by atoms with Crippen molar-refractivity contribution in [2.24, 2.45) is 0 Å². The highest BCUT2D eigenvalue weighted by Gasteiger charge is 2.18. The third-order valence-electron chi connectivity index (χ3n) is 3.00. The fraction of sp³-hybridized carbons (Fsp3) is 0.692. The molecule has 2 heterocycles. The molecule has 18 heavy (non-hydrogen) atoms. The van der Waals surface area contributed by atoms with Crippen LogP contribution in [0.3, 0.4) is 0 Å². The fourth-order valence-corrected chi connectivity index (χ4v) is 2.01. The van der Waals surface area contributed by atoms with Gasteiger partial charge in [0.05, 0.1) is 18.8 Å². The number of ether oxygens (including phenoxy) is 2. The van der Waals surface area contributed by atoms with E-state index in [1.165, 1.54) is 0 Å². The first-order valence-corrected chi connectivity index (χ1v) is 6.54. The summed E-state index contributed by atoms with van der Waals surface area (Å²) in [6.07, 6.45) is 2.07. The highest BCUT2D eigenvalue weighted by atomic mass is 16.5. The highest BCUT2D eigenvalue weighted by Crippen LogP contribution is 2.24. The maximum absolute atomic E-state index is 5.98. The zero-order valence-corrected chi connectivity index (χ0v) is 11.3. The van der Waals surface area contributed by atoms with Crippen LogP contribution in [-0.4, -0.2) is 35.8 Å². The van der Waals surface area contributed by atoms with Crippen LogP contribution in [0.15, 0.2) is 0 Å². The van der Waals surface area contributed by atoms with Gasteiger partial charge in [0.2, 0.25) is 5.88 Å². The summed E-state index contributed by atoms with van der Waals surface area (Å²) in [5.41, 5.74) is 0.981. The Labute approximate surface area is 108 Å². The topological polar surface area (TPSA) is 56.3 Å². The average molecular weight is 251 g/mol. The van der Waals surface area contributed by atoms with Gasteiger partial charge in [0.15, 0.2) is 0 Å². The molecule has 1 aromatic rings. The molecule has 0 bridgehead atoms. The molecule has 5 nitrogen and oxygen atoms in total. The van der Waals surface area contributed by atoms with Crippen molar-refractivity contribution in [1.29, 1.82) is 0 Å². The van der Waals surface area contributed by atoms with Crippen LogP contribution in [0.25, 0.3) is 0 Å². The Hall–Kier alpha value is -1.36. The Morgan fingerprint density at radius 2 is 2.00 bits per heavy atom. The molecule has 0 amide bonds. The van der Waals surface area contributed by atoms with E-state index in [4.69, 9.17) is 9.47 Å². The number of anilines is 1. The standard InChI is InChI=1S/C13H21N3O2/c1-4-14-12-9(2)13(16-10(3)15-12)18-11-5-7-17-8-6-11/h11H,4-8H2,1-3H3,(H,14,15,16). The van der Waals surface area contributed by atoms with Crippen LogP contribution in [0.1, 0.15) is 31.2 Å². The molecule has 0 radical (unpaired) electrons. The van der Waals surface area contributed by atoms with Crippen molar-refractivity contribution in [3.63, 3.8) is 0 Å². The van der Waals surface area contributed by atoms with Crippen LogP contribution in [0.5, 0.6) is 5.88 Å². The molecule has 0 atom stereocenters. The number of hydrogen-bond donors (Lipinski definition) is 1. The number of hydrogen-bond acceptors (Lipinski definition) is 5. The number of nitrogens with zero attached hydrogens (tertiary/aromatic N) is 2.